The van der Waals surface area contributed by atoms with Crippen LogP contribution in [0, 0.1) is 13.8 Å². The molecular weight excluding hydrogens is 252 g/mol. The average molecular weight is 270 g/mol. The zero-order valence-corrected chi connectivity index (χ0v) is 11.9. The summed E-state index contributed by atoms with van der Waals surface area (Å²) in [5.74, 6) is -0.194. The normalized spacial score (nSPS) is 10.2. The molecule has 2 heterocycles. The Labute approximate surface area is 118 Å². The molecule has 1 amide bonds. The second kappa shape index (κ2) is 6.14. The minimum absolute atomic E-state index is 0.194. The minimum atomic E-state index is -0.194. The van der Waals surface area contributed by atoms with Crippen LogP contribution in [0.3, 0.4) is 0 Å². The molecule has 2 rings (SSSR count). The Bertz CT molecular complexity index is 625. The van der Waals surface area contributed by atoms with E-state index in [4.69, 9.17) is 0 Å². The number of hydrogen-bond acceptors (Lipinski definition) is 4. The number of rotatable bonds is 4. The molecule has 5 heteroatoms. The second-order valence-corrected chi connectivity index (χ2v) is 4.61. The molecule has 0 saturated heterocycles. The first-order valence-electron chi connectivity index (χ1n) is 6.53. The fraction of sp³-hybridized carbons (Fsp3) is 0.267. The van der Waals surface area contributed by atoms with E-state index in [2.05, 4.69) is 20.6 Å². The lowest BCUT2D eigenvalue weighted by atomic mass is 10.2. The van der Waals surface area contributed by atoms with E-state index >= 15 is 0 Å². The van der Waals surface area contributed by atoms with Gasteiger partial charge in [0, 0.05) is 24.6 Å². The zero-order chi connectivity index (χ0) is 14.5. The van der Waals surface area contributed by atoms with Crippen molar-refractivity contribution in [2.24, 2.45) is 0 Å². The molecule has 0 saturated carbocycles. The van der Waals surface area contributed by atoms with Crippen molar-refractivity contribution in [2.75, 3.05) is 17.2 Å². The van der Waals surface area contributed by atoms with Gasteiger partial charge in [-0.25, -0.2) is 0 Å². The Morgan fingerprint density at radius 2 is 2.00 bits per heavy atom. The standard InChI is InChI=1S/C15H18N4O/c1-4-17-14-6-11(3)18-9-13(14)15(20)19-12-5-10(2)7-16-8-12/h5-9H,4H2,1-3H3,(H,17,18)(H,19,20). The van der Waals surface area contributed by atoms with E-state index < -0.39 is 0 Å². The van der Waals surface area contributed by atoms with E-state index in [0.29, 0.717) is 11.3 Å². The third kappa shape index (κ3) is 3.32. The van der Waals surface area contributed by atoms with Crippen molar-refractivity contribution < 1.29 is 4.79 Å². The zero-order valence-electron chi connectivity index (χ0n) is 11.9. The van der Waals surface area contributed by atoms with Gasteiger partial charge in [-0.2, -0.15) is 0 Å². The van der Waals surface area contributed by atoms with Gasteiger partial charge in [-0.1, -0.05) is 0 Å². The van der Waals surface area contributed by atoms with Crippen LogP contribution in [0.15, 0.2) is 30.7 Å². The Balaban J connectivity index is 2.24. The predicted molar refractivity (Wildman–Crippen MR) is 80.1 cm³/mol. The number of hydrogen-bond donors (Lipinski definition) is 2. The van der Waals surface area contributed by atoms with E-state index in [1.807, 2.05) is 32.9 Å². The number of carbonyl (C=O) groups excluding carboxylic acids is 1. The smallest absolute Gasteiger partial charge is 0.259 e. The molecule has 5 nitrogen and oxygen atoms in total. The van der Waals surface area contributed by atoms with Gasteiger partial charge in [0.05, 0.1) is 23.1 Å². The minimum Gasteiger partial charge on any atom is -0.385 e. The summed E-state index contributed by atoms with van der Waals surface area (Å²) in [6.45, 7) is 6.56. The summed E-state index contributed by atoms with van der Waals surface area (Å²) in [5.41, 5.74) is 3.86. The molecule has 2 N–H and O–H groups in total. The molecule has 0 radical (unpaired) electrons. The molecule has 2 aromatic rings. The molecule has 0 aliphatic rings. The molecule has 0 atom stereocenters. The molecule has 104 valence electrons. The van der Waals surface area contributed by atoms with Crippen molar-refractivity contribution in [2.45, 2.75) is 20.8 Å². The molecule has 20 heavy (non-hydrogen) atoms. The maximum atomic E-state index is 12.3. The summed E-state index contributed by atoms with van der Waals surface area (Å²) < 4.78 is 0. The Morgan fingerprint density at radius 1 is 1.20 bits per heavy atom. The highest BCUT2D eigenvalue weighted by atomic mass is 16.1. The Hall–Kier alpha value is -2.43. The molecule has 0 aliphatic carbocycles. The number of nitrogens with one attached hydrogen (secondary N) is 2. The summed E-state index contributed by atoms with van der Waals surface area (Å²) in [6.07, 6.45) is 4.96. The monoisotopic (exact) mass is 270 g/mol. The van der Waals surface area contributed by atoms with Gasteiger partial charge in [0.2, 0.25) is 0 Å². The highest BCUT2D eigenvalue weighted by Gasteiger charge is 2.12. The molecule has 0 fully saturated rings. The van der Waals surface area contributed by atoms with Gasteiger partial charge in [-0.15, -0.1) is 0 Å². The third-order valence-corrected chi connectivity index (χ3v) is 2.79. The van der Waals surface area contributed by atoms with Crippen molar-refractivity contribution in [3.8, 4) is 0 Å². The SMILES string of the molecule is CCNc1cc(C)ncc1C(=O)Nc1cncc(C)c1. The number of carbonyl (C=O) groups is 1. The van der Waals surface area contributed by atoms with Crippen LogP contribution in [0.1, 0.15) is 28.5 Å². The number of aryl methyl sites for hydroxylation is 2. The topological polar surface area (TPSA) is 66.9 Å². The Morgan fingerprint density at radius 3 is 2.70 bits per heavy atom. The molecule has 0 aliphatic heterocycles. The first-order chi connectivity index (χ1) is 9.60. The van der Waals surface area contributed by atoms with E-state index in [1.54, 1.807) is 18.6 Å². The van der Waals surface area contributed by atoms with Crippen molar-refractivity contribution in [1.29, 1.82) is 0 Å². The molecule has 0 aromatic carbocycles. The number of amides is 1. The van der Waals surface area contributed by atoms with Gasteiger partial charge in [0.15, 0.2) is 0 Å². The number of anilines is 2. The fourth-order valence-corrected chi connectivity index (χ4v) is 1.90. The van der Waals surface area contributed by atoms with Crippen LogP contribution in [0.5, 0.6) is 0 Å². The van der Waals surface area contributed by atoms with Crippen LogP contribution < -0.4 is 10.6 Å². The highest BCUT2D eigenvalue weighted by Crippen LogP contribution is 2.17. The maximum absolute atomic E-state index is 12.3. The van der Waals surface area contributed by atoms with Crippen molar-refractivity contribution in [3.05, 3.63) is 47.5 Å². The lowest BCUT2D eigenvalue weighted by Crippen LogP contribution is -2.15. The lowest BCUT2D eigenvalue weighted by Gasteiger charge is -2.11. The summed E-state index contributed by atoms with van der Waals surface area (Å²) in [6, 6.07) is 3.74. The van der Waals surface area contributed by atoms with Gasteiger partial charge in [0.25, 0.3) is 5.91 Å². The molecule has 2 aromatic heterocycles. The Kier molecular flexibility index (Phi) is 4.30. The molecule has 0 bridgehead atoms. The number of aromatic nitrogens is 2. The largest absolute Gasteiger partial charge is 0.385 e. The number of pyridine rings is 2. The third-order valence-electron chi connectivity index (χ3n) is 2.79. The summed E-state index contributed by atoms with van der Waals surface area (Å²) in [7, 11) is 0. The van der Waals surface area contributed by atoms with Gasteiger partial charge in [-0.3, -0.25) is 14.8 Å². The number of nitrogens with zero attached hydrogens (tertiary/aromatic N) is 2. The fourth-order valence-electron chi connectivity index (χ4n) is 1.90. The average Bonchev–Trinajstić information content (AvgIpc) is 2.39. The van der Waals surface area contributed by atoms with Gasteiger partial charge in [-0.05, 0) is 38.5 Å². The van der Waals surface area contributed by atoms with E-state index in [1.165, 1.54) is 0 Å². The lowest BCUT2D eigenvalue weighted by molar-refractivity contribution is 0.102. The highest BCUT2D eigenvalue weighted by molar-refractivity contribution is 6.07. The van der Waals surface area contributed by atoms with Gasteiger partial charge in [0.1, 0.15) is 0 Å². The van der Waals surface area contributed by atoms with Crippen LogP contribution in [-0.4, -0.2) is 22.4 Å². The second-order valence-electron chi connectivity index (χ2n) is 4.61. The summed E-state index contributed by atoms with van der Waals surface area (Å²) in [5, 5.41) is 6.01. The molecular formula is C15H18N4O. The first-order valence-corrected chi connectivity index (χ1v) is 6.53. The molecule has 0 spiro atoms. The summed E-state index contributed by atoms with van der Waals surface area (Å²) >= 11 is 0. The van der Waals surface area contributed by atoms with E-state index in [-0.39, 0.29) is 5.91 Å². The van der Waals surface area contributed by atoms with Gasteiger partial charge < -0.3 is 10.6 Å². The van der Waals surface area contributed by atoms with Crippen LogP contribution >= 0.6 is 0 Å². The van der Waals surface area contributed by atoms with E-state index in [0.717, 1.165) is 23.5 Å². The van der Waals surface area contributed by atoms with Crippen molar-refractivity contribution in [1.82, 2.24) is 9.97 Å². The van der Waals surface area contributed by atoms with Crippen molar-refractivity contribution >= 4 is 17.3 Å². The van der Waals surface area contributed by atoms with Crippen molar-refractivity contribution in [3.63, 3.8) is 0 Å². The van der Waals surface area contributed by atoms with Gasteiger partial charge >= 0.3 is 0 Å². The van der Waals surface area contributed by atoms with E-state index in [9.17, 15) is 4.79 Å². The quantitative estimate of drug-likeness (QED) is 0.896. The molecule has 0 unspecified atom stereocenters. The maximum Gasteiger partial charge on any atom is 0.259 e. The summed E-state index contributed by atoms with van der Waals surface area (Å²) in [4.78, 5) is 20.6. The van der Waals surface area contributed by atoms with Crippen LogP contribution in [0.2, 0.25) is 0 Å². The van der Waals surface area contributed by atoms with Crippen LogP contribution in [0.25, 0.3) is 0 Å². The predicted octanol–water partition coefficient (Wildman–Crippen LogP) is 2.78. The first kappa shape index (κ1) is 14.0. The van der Waals surface area contributed by atoms with Crippen LogP contribution in [0.4, 0.5) is 11.4 Å². The van der Waals surface area contributed by atoms with Crippen LogP contribution in [-0.2, 0) is 0 Å².